The van der Waals surface area contributed by atoms with Gasteiger partial charge in [0.15, 0.2) is 4.34 Å². The molecule has 0 amide bonds. The van der Waals surface area contributed by atoms with Crippen molar-refractivity contribution in [3.63, 3.8) is 0 Å². The minimum atomic E-state index is 0.608. The summed E-state index contributed by atoms with van der Waals surface area (Å²) < 4.78 is 11.4. The van der Waals surface area contributed by atoms with E-state index in [9.17, 15) is 0 Å². The van der Waals surface area contributed by atoms with Crippen molar-refractivity contribution in [2.24, 2.45) is 0 Å². The van der Waals surface area contributed by atoms with Gasteiger partial charge in [-0.15, -0.1) is 10.2 Å². The van der Waals surface area contributed by atoms with Crippen LogP contribution in [-0.2, 0) is 11.2 Å². The lowest BCUT2D eigenvalue weighted by atomic mass is 10.4. The van der Waals surface area contributed by atoms with E-state index in [0.29, 0.717) is 24.0 Å². The third-order valence-electron chi connectivity index (χ3n) is 1.99. The number of aromatic nitrogens is 5. The van der Waals surface area contributed by atoms with Gasteiger partial charge in [-0.1, -0.05) is 0 Å². The van der Waals surface area contributed by atoms with Crippen molar-refractivity contribution in [1.29, 1.82) is 0 Å². The van der Waals surface area contributed by atoms with Crippen LogP contribution >= 0.6 is 23.3 Å². The number of hydrogen-bond acceptors (Lipinski definition) is 8. The zero-order chi connectivity index (χ0) is 12.3. The summed E-state index contributed by atoms with van der Waals surface area (Å²) in [6, 6.07) is 0. The van der Waals surface area contributed by atoms with Gasteiger partial charge in [-0.25, -0.2) is 9.66 Å². The fraction of sp³-hybridized carbons (Fsp3) is 0.500. The van der Waals surface area contributed by atoms with E-state index in [1.165, 1.54) is 28.0 Å². The standard InChI is InChI=1S/C8H12N6OS2/c1-5-11-12-7(14(5)9)16-8-10-6(13-17-8)3-4-15-2/h3-4,9H2,1-2H3. The van der Waals surface area contributed by atoms with E-state index in [1.807, 2.05) is 0 Å². The summed E-state index contributed by atoms with van der Waals surface area (Å²) in [6.45, 7) is 2.41. The van der Waals surface area contributed by atoms with Gasteiger partial charge in [0.2, 0.25) is 5.16 Å². The second-order valence-electron chi connectivity index (χ2n) is 3.22. The van der Waals surface area contributed by atoms with E-state index in [4.69, 9.17) is 10.6 Å². The molecule has 17 heavy (non-hydrogen) atoms. The molecule has 0 saturated carbocycles. The Morgan fingerprint density at radius 3 is 2.94 bits per heavy atom. The Morgan fingerprint density at radius 2 is 2.29 bits per heavy atom. The van der Waals surface area contributed by atoms with Crippen molar-refractivity contribution in [2.75, 3.05) is 19.6 Å². The Balaban J connectivity index is 2.04. The molecule has 92 valence electrons. The first-order valence-electron chi connectivity index (χ1n) is 4.87. The zero-order valence-corrected chi connectivity index (χ0v) is 11.1. The topological polar surface area (TPSA) is 91.7 Å². The maximum absolute atomic E-state index is 5.74. The molecule has 0 atom stereocenters. The van der Waals surface area contributed by atoms with Gasteiger partial charge in [0, 0.05) is 13.5 Å². The van der Waals surface area contributed by atoms with E-state index in [2.05, 4.69) is 19.6 Å². The number of hydrogen-bond donors (Lipinski definition) is 1. The Kier molecular flexibility index (Phi) is 3.92. The number of nitrogens with two attached hydrogens (primary N) is 1. The first-order chi connectivity index (χ1) is 8.20. The minimum Gasteiger partial charge on any atom is -0.384 e. The number of aryl methyl sites for hydroxylation is 1. The van der Waals surface area contributed by atoms with Crippen LogP contribution in [0.2, 0.25) is 0 Å². The van der Waals surface area contributed by atoms with Crippen LogP contribution in [0.1, 0.15) is 11.6 Å². The van der Waals surface area contributed by atoms with Crippen molar-refractivity contribution in [3.8, 4) is 0 Å². The van der Waals surface area contributed by atoms with E-state index in [1.54, 1.807) is 14.0 Å². The molecule has 0 aliphatic rings. The minimum absolute atomic E-state index is 0.608. The SMILES string of the molecule is COCCc1nsc(Sc2nnc(C)n2N)n1. The van der Waals surface area contributed by atoms with Crippen LogP contribution in [0.4, 0.5) is 0 Å². The Labute approximate surface area is 107 Å². The van der Waals surface area contributed by atoms with E-state index >= 15 is 0 Å². The third kappa shape index (κ3) is 2.93. The Bertz CT molecular complexity index is 496. The molecule has 0 radical (unpaired) electrons. The van der Waals surface area contributed by atoms with Crippen molar-refractivity contribution in [2.45, 2.75) is 22.8 Å². The summed E-state index contributed by atoms with van der Waals surface area (Å²) in [5.41, 5.74) is 0. The summed E-state index contributed by atoms with van der Waals surface area (Å²) in [7, 11) is 1.65. The van der Waals surface area contributed by atoms with Gasteiger partial charge < -0.3 is 10.6 Å². The highest BCUT2D eigenvalue weighted by molar-refractivity contribution is 8.00. The lowest BCUT2D eigenvalue weighted by Gasteiger charge is -1.96. The molecule has 2 aromatic heterocycles. The van der Waals surface area contributed by atoms with Gasteiger partial charge in [-0.05, 0) is 30.2 Å². The van der Waals surface area contributed by atoms with Crippen molar-refractivity contribution in [3.05, 3.63) is 11.6 Å². The maximum Gasteiger partial charge on any atom is 0.216 e. The normalized spacial score (nSPS) is 10.9. The van der Waals surface area contributed by atoms with Crippen molar-refractivity contribution in [1.82, 2.24) is 24.2 Å². The second kappa shape index (κ2) is 5.43. The van der Waals surface area contributed by atoms with Gasteiger partial charge >= 0.3 is 0 Å². The molecule has 2 N–H and O–H groups in total. The molecule has 2 aromatic rings. The first kappa shape index (κ1) is 12.3. The smallest absolute Gasteiger partial charge is 0.216 e. The molecule has 7 nitrogen and oxygen atoms in total. The Morgan fingerprint density at radius 1 is 1.47 bits per heavy atom. The fourth-order valence-corrected chi connectivity index (χ4v) is 2.64. The highest BCUT2D eigenvalue weighted by Gasteiger charge is 2.11. The number of methoxy groups -OCH3 is 1. The van der Waals surface area contributed by atoms with E-state index < -0.39 is 0 Å². The number of rotatable bonds is 5. The summed E-state index contributed by atoms with van der Waals surface area (Å²) in [5.74, 6) is 7.19. The largest absolute Gasteiger partial charge is 0.384 e. The van der Waals surface area contributed by atoms with Crippen LogP contribution in [0, 0.1) is 6.92 Å². The third-order valence-corrected chi connectivity index (χ3v) is 3.74. The lowest BCUT2D eigenvalue weighted by molar-refractivity contribution is 0.200. The van der Waals surface area contributed by atoms with Gasteiger partial charge in [-0.3, -0.25) is 0 Å². The second-order valence-corrected chi connectivity index (χ2v) is 5.19. The van der Waals surface area contributed by atoms with Crippen LogP contribution in [0.3, 0.4) is 0 Å². The average Bonchev–Trinajstić information content (AvgIpc) is 2.89. The molecule has 0 bridgehead atoms. The highest BCUT2D eigenvalue weighted by Crippen LogP contribution is 2.26. The van der Waals surface area contributed by atoms with E-state index in [0.717, 1.165) is 10.2 Å². The predicted molar refractivity (Wildman–Crippen MR) is 64.5 cm³/mol. The van der Waals surface area contributed by atoms with Gasteiger partial charge in [0.1, 0.15) is 11.6 Å². The molecule has 0 aliphatic carbocycles. The van der Waals surface area contributed by atoms with Crippen molar-refractivity contribution < 1.29 is 4.74 Å². The number of nitrogens with zero attached hydrogens (tertiary/aromatic N) is 5. The number of ether oxygens (including phenoxy) is 1. The predicted octanol–water partition coefficient (Wildman–Crippen LogP) is 0.492. The Hall–Kier alpha value is -1.19. The molecule has 2 heterocycles. The van der Waals surface area contributed by atoms with Crippen LogP contribution in [0.25, 0.3) is 0 Å². The molecule has 0 spiro atoms. The van der Waals surface area contributed by atoms with Gasteiger partial charge in [-0.2, -0.15) is 4.37 Å². The van der Waals surface area contributed by atoms with Crippen LogP contribution in [0.15, 0.2) is 9.50 Å². The zero-order valence-electron chi connectivity index (χ0n) is 9.45. The van der Waals surface area contributed by atoms with E-state index in [-0.39, 0.29) is 0 Å². The summed E-state index contributed by atoms with van der Waals surface area (Å²) >= 11 is 2.68. The monoisotopic (exact) mass is 272 g/mol. The molecule has 0 aromatic carbocycles. The molecule has 2 rings (SSSR count). The molecule has 9 heteroatoms. The molecule has 0 unspecified atom stereocenters. The van der Waals surface area contributed by atoms with Gasteiger partial charge in [0.05, 0.1) is 6.61 Å². The molecule has 0 aliphatic heterocycles. The summed E-state index contributed by atoms with van der Waals surface area (Å²) in [5, 5.41) is 8.43. The molecule has 0 fully saturated rings. The van der Waals surface area contributed by atoms with Crippen molar-refractivity contribution >= 4 is 23.3 Å². The summed E-state index contributed by atoms with van der Waals surface area (Å²) in [6.07, 6.45) is 0.710. The molecular weight excluding hydrogens is 260 g/mol. The maximum atomic E-state index is 5.74. The van der Waals surface area contributed by atoms with Gasteiger partial charge in [0.25, 0.3) is 0 Å². The highest BCUT2D eigenvalue weighted by atomic mass is 32.2. The summed E-state index contributed by atoms with van der Waals surface area (Å²) in [4.78, 5) is 4.35. The quantitative estimate of drug-likeness (QED) is 0.792. The van der Waals surface area contributed by atoms with Crippen LogP contribution in [0.5, 0.6) is 0 Å². The average molecular weight is 272 g/mol. The molecular formula is C8H12N6OS2. The lowest BCUT2D eigenvalue weighted by Crippen LogP contribution is -2.11. The first-order valence-corrected chi connectivity index (χ1v) is 6.46. The van der Waals surface area contributed by atoms with Crippen LogP contribution in [-0.4, -0.2) is 37.9 Å². The molecule has 0 saturated heterocycles. The number of nitrogen functional groups attached to an aromatic ring is 1. The fourth-order valence-electron chi connectivity index (χ4n) is 1.07. The van der Waals surface area contributed by atoms with Crippen LogP contribution < -0.4 is 5.84 Å².